The van der Waals surface area contributed by atoms with Crippen LogP contribution in [0.5, 0.6) is 5.75 Å². The Kier molecular flexibility index (Phi) is 6.20. The summed E-state index contributed by atoms with van der Waals surface area (Å²) in [6.45, 7) is 8.39. The van der Waals surface area contributed by atoms with E-state index in [0.717, 1.165) is 19.6 Å². The Balaban J connectivity index is 1.46. The lowest BCUT2D eigenvalue weighted by Crippen LogP contribution is -2.35. The zero-order valence-electron chi connectivity index (χ0n) is 18.5. The molecule has 1 saturated carbocycles. The van der Waals surface area contributed by atoms with Crippen molar-refractivity contribution in [2.24, 2.45) is 30.7 Å². The van der Waals surface area contributed by atoms with Crippen LogP contribution in [0.15, 0.2) is 36.8 Å². The van der Waals surface area contributed by atoms with E-state index >= 15 is 0 Å². The molecule has 174 valence electrons. The van der Waals surface area contributed by atoms with Crippen LogP contribution in [-0.2, 0) is 13.6 Å². The first-order valence-electron chi connectivity index (χ1n) is 10.9. The molecule has 1 saturated heterocycles. The van der Waals surface area contributed by atoms with Gasteiger partial charge in [0, 0.05) is 46.0 Å². The molecule has 6 nitrogen and oxygen atoms in total. The Bertz CT molecular complexity index is 947. The molecular weight excluding hydrogens is 421 g/mol. The van der Waals surface area contributed by atoms with E-state index < -0.39 is 6.36 Å². The van der Waals surface area contributed by atoms with Crippen LogP contribution < -0.4 is 4.74 Å². The third kappa shape index (κ3) is 5.43. The highest BCUT2D eigenvalue weighted by molar-refractivity contribution is 5.92. The molecule has 2 unspecified atom stereocenters. The van der Waals surface area contributed by atoms with Crippen LogP contribution in [0.25, 0.3) is 0 Å². The molecule has 4 rings (SSSR count). The quantitative estimate of drug-likeness (QED) is 0.614. The highest BCUT2D eigenvalue weighted by Crippen LogP contribution is 2.52. The van der Waals surface area contributed by atoms with Gasteiger partial charge in [0.15, 0.2) is 0 Å². The summed E-state index contributed by atoms with van der Waals surface area (Å²) in [5.41, 5.74) is 0.922. The molecule has 0 bridgehead atoms. The molecule has 1 amide bonds. The van der Waals surface area contributed by atoms with Crippen molar-refractivity contribution in [3.63, 3.8) is 0 Å². The van der Waals surface area contributed by atoms with E-state index in [4.69, 9.17) is 0 Å². The van der Waals surface area contributed by atoms with Crippen LogP contribution in [0.2, 0.25) is 0 Å². The SMILES string of the molecule is CC(C)CN1CC2C(C1)C2CN(Cc1cccc(OC(F)(F)F)c1)C(=O)c1cn(C)cn1. The zero-order valence-corrected chi connectivity index (χ0v) is 18.5. The second-order valence-electron chi connectivity index (χ2n) is 9.41. The summed E-state index contributed by atoms with van der Waals surface area (Å²) < 4.78 is 43.6. The summed E-state index contributed by atoms with van der Waals surface area (Å²) in [6.07, 6.45) is -1.52. The van der Waals surface area contributed by atoms with Gasteiger partial charge >= 0.3 is 6.36 Å². The fraction of sp³-hybridized carbons (Fsp3) is 0.565. The molecule has 1 aromatic heterocycles. The lowest BCUT2D eigenvalue weighted by Gasteiger charge is -2.26. The average Bonchev–Trinajstić information content (AvgIpc) is 3.03. The van der Waals surface area contributed by atoms with Gasteiger partial charge in [-0.15, -0.1) is 13.2 Å². The van der Waals surface area contributed by atoms with Crippen molar-refractivity contribution in [2.75, 3.05) is 26.2 Å². The number of piperidine rings is 1. The van der Waals surface area contributed by atoms with Gasteiger partial charge in [0.2, 0.25) is 0 Å². The number of aryl methyl sites for hydroxylation is 1. The fourth-order valence-electron chi connectivity index (χ4n) is 4.89. The summed E-state index contributed by atoms with van der Waals surface area (Å²) in [5, 5.41) is 0. The Morgan fingerprint density at radius 1 is 1.28 bits per heavy atom. The number of hydrogen-bond donors (Lipinski definition) is 0. The van der Waals surface area contributed by atoms with Crippen molar-refractivity contribution >= 4 is 5.91 Å². The lowest BCUT2D eigenvalue weighted by molar-refractivity contribution is -0.274. The third-order valence-electron chi connectivity index (χ3n) is 6.22. The molecule has 1 aliphatic carbocycles. The van der Waals surface area contributed by atoms with Gasteiger partial charge < -0.3 is 19.1 Å². The van der Waals surface area contributed by atoms with Gasteiger partial charge in [-0.1, -0.05) is 26.0 Å². The van der Waals surface area contributed by atoms with Gasteiger partial charge in [-0.25, -0.2) is 4.98 Å². The minimum Gasteiger partial charge on any atom is -0.406 e. The van der Waals surface area contributed by atoms with E-state index in [1.807, 2.05) is 0 Å². The molecule has 0 radical (unpaired) electrons. The van der Waals surface area contributed by atoms with E-state index in [2.05, 4.69) is 28.5 Å². The minimum atomic E-state index is -4.75. The molecule has 0 spiro atoms. The Morgan fingerprint density at radius 2 is 2.00 bits per heavy atom. The first kappa shape index (κ1) is 22.6. The number of aromatic nitrogens is 2. The number of ether oxygens (including phenoxy) is 1. The Hall–Kier alpha value is -2.55. The number of carbonyl (C=O) groups is 1. The standard InChI is InChI=1S/C23H29F3N4O2/c1-15(2)8-29-10-18-19(11-29)20(18)12-30(22(31)21-13-28(3)14-27-21)9-16-5-4-6-17(7-16)32-23(24,25)26/h4-7,13-15,18-20H,8-12H2,1-3H3. The molecule has 32 heavy (non-hydrogen) atoms. The second-order valence-corrected chi connectivity index (χ2v) is 9.41. The van der Waals surface area contributed by atoms with Crippen LogP contribution in [0.4, 0.5) is 13.2 Å². The van der Waals surface area contributed by atoms with Crippen molar-refractivity contribution in [3.8, 4) is 5.75 Å². The van der Waals surface area contributed by atoms with Crippen molar-refractivity contribution in [1.82, 2.24) is 19.4 Å². The number of fused-ring (bicyclic) bond motifs is 1. The number of halogens is 3. The topological polar surface area (TPSA) is 50.6 Å². The van der Waals surface area contributed by atoms with E-state index in [1.54, 1.807) is 35.1 Å². The number of alkyl halides is 3. The van der Waals surface area contributed by atoms with Gasteiger partial charge in [-0.05, 0) is 41.4 Å². The predicted octanol–water partition coefficient (Wildman–Crippen LogP) is 3.79. The normalized spacial score (nSPS) is 22.8. The summed E-state index contributed by atoms with van der Waals surface area (Å²) >= 11 is 0. The van der Waals surface area contributed by atoms with Gasteiger partial charge in [0.25, 0.3) is 5.91 Å². The molecule has 2 atom stereocenters. The number of imidazole rings is 1. The first-order chi connectivity index (χ1) is 15.1. The zero-order chi connectivity index (χ0) is 23.0. The Labute approximate surface area is 186 Å². The van der Waals surface area contributed by atoms with Crippen LogP contribution in [0.3, 0.4) is 0 Å². The number of amides is 1. The van der Waals surface area contributed by atoms with E-state index in [-0.39, 0.29) is 18.2 Å². The van der Waals surface area contributed by atoms with Gasteiger partial charge in [-0.2, -0.15) is 0 Å². The van der Waals surface area contributed by atoms with Crippen molar-refractivity contribution in [1.29, 1.82) is 0 Å². The highest BCUT2D eigenvalue weighted by atomic mass is 19.4. The molecule has 0 N–H and O–H groups in total. The van der Waals surface area contributed by atoms with Crippen molar-refractivity contribution < 1.29 is 22.7 Å². The van der Waals surface area contributed by atoms with E-state index in [9.17, 15) is 18.0 Å². The number of carbonyl (C=O) groups excluding carboxylic acids is 1. The summed E-state index contributed by atoms with van der Waals surface area (Å²) in [7, 11) is 1.79. The molecule has 1 aromatic carbocycles. The summed E-state index contributed by atoms with van der Waals surface area (Å²) in [6, 6.07) is 5.82. The summed E-state index contributed by atoms with van der Waals surface area (Å²) in [4.78, 5) is 21.6. The van der Waals surface area contributed by atoms with Crippen LogP contribution in [0, 0.1) is 23.7 Å². The fourth-order valence-corrected chi connectivity index (χ4v) is 4.89. The van der Waals surface area contributed by atoms with Gasteiger partial charge in [0.1, 0.15) is 11.4 Å². The maximum atomic E-state index is 13.2. The van der Waals surface area contributed by atoms with Crippen LogP contribution in [0.1, 0.15) is 29.9 Å². The predicted molar refractivity (Wildman–Crippen MR) is 113 cm³/mol. The highest BCUT2D eigenvalue weighted by Gasteiger charge is 2.55. The third-order valence-corrected chi connectivity index (χ3v) is 6.22. The molecule has 2 heterocycles. The summed E-state index contributed by atoms with van der Waals surface area (Å²) in [5.74, 6) is 1.70. The van der Waals surface area contributed by atoms with E-state index in [1.165, 1.54) is 18.2 Å². The monoisotopic (exact) mass is 450 g/mol. The molecule has 2 aromatic rings. The van der Waals surface area contributed by atoms with Gasteiger partial charge in [-0.3, -0.25) is 4.79 Å². The number of benzene rings is 1. The average molecular weight is 451 g/mol. The van der Waals surface area contributed by atoms with E-state index in [0.29, 0.717) is 41.5 Å². The van der Waals surface area contributed by atoms with Gasteiger partial charge in [0.05, 0.1) is 6.33 Å². The molecule has 9 heteroatoms. The number of likely N-dealkylation sites (tertiary alicyclic amines) is 1. The van der Waals surface area contributed by atoms with Crippen LogP contribution in [-0.4, -0.2) is 57.8 Å². The first-order valence-corrected chi connectivity index (χ1v) is 10.9. The minimum absolute atomic E-state index is 0.204. The Morgan fingerprint density at radius 3 is 2.59 bits per heavy atom. The smallest absolute Gasteiger partial charge is 0.406 e. The second kappa shape index (κ2) is 8.77. The number of nitrogens with zero attached hydrogens (tertiary/aromatic N) is 4. The number of rotatable bonds is 8. The number of hydrogen-bond acceptors (Lipinski definition) is 4. The maximum Gasteiger partial charge on any atom is 0.573 e. The molecule has 1 aliphatic heterocycles. The van der Waals surface area contributed by atoms with Crippen LogP contribution >= 0.6 is 0 Å². The van der Waals surface area contributed by atoms with Crippen molar-refractivity contribution in [2.45, 2.75) is 26.8 Å². The lowest BCUT2D eigenvalue weighted by atomic mass is 10.1. The maximum absolute atomic E-state index is 13.2. The van der Waals surface area contributed by atoms with Crippen molar-refractivity contribution in [3.05, 3.63) is 48.0 Å². The molecule has 2 aliphatic rings. The molecular formula is C23H29F3N4O2. The largest absolute Gasteiger partial charge is 0.573 e. The molecule has 2 fully saturated rings.